The lowest BCUT2D eigenvalue weighted by Crippen LogP contribution is -2.06. The summed E-state index contributed by atoms with van der Waals surface area (Å²) < 4.78 is 25.6. The maximum atomic E-state index is 12.8. The van der Waals surface area contributed by atoms with Gasteiger partial charge < -0.3 is 10.2 Å². The largest absolute Gasteiger partial charge is 0.508 e. The molecule has 0 heterocycles. The summed E-state index contributed by atoms with van der Waals surface area (Å²) in [6.45, 7) is 6.77. The monoisotopic (exact) mass is 306 g/mol. The highest BCUT2D eigenvalue weighted by Gasteiger charge is 2.23. The van der Waals surface area contributed by atoms with Gasteiger partial charge in [0.1, 0.15) is 11.5 Å². The first kappa shape index (κ1) is 15.4. The van der Waals surface area contributed by atoms with E-state index in [0.29, 0.717) is 22.3 Å². The molecule has 0 unspecified atom stereocenters. The molecule has 0 aliphatic carbocycles. The average molecular weight is 306 g/mol. The molecule has 0 saturated heterocycles. The summed E-state index contributed by atoms with van der Waals surface area (Å²) in [7, 11) is -3.75. The lowest BCUT2D eigenvalue weighted by molar-refractivity contribution is 0.466. The van der Waals surface area contributed by atoms with E-state index < -0.39 is 9.84 Å². The number of hydrogen-bond donors (Lipinski definition) is 2. The highest BCUT2D eigenvalue weighted by Crippen LogP contribution is 2.32. The second kappa shape index (κ2) is 5.07. The van der Waals surface area contributed by atoms with Crippen molar-refractivity contribution in [2.24, 2.45) is 0 Å². The summed E-state index contributed by atoms with van der Waals surface area (Å²) in [5.74, 6) is 0.0154. The molecule has 0 aliphatic rings. The molecule has 112 valence electrons. The molecule has 0 bridgehead atoms. The number of rotatable bonds is 2. The van der Waals surface area contributed by atoms with Crippen molar-refractivity contribution in [3.8, 4) is 11.5 Å². The van der Waals surface area contributed by atoms with Gasteiger partial charge in [0.2, 0.25) is 9.84 Å². The highest BCUT2D eigenvalue weighted by molar-refractivity contribution is 7.91. The molecular weight excluding hydrogens is 288 g/mol. The molecule has 5 heteroatoms. The van der Waals surface area contributed by atoms with Gasteiger partial charge >= 0.3 is 0 Å². The number of benzene rings is 2. The number of hydrogen-bond acceptors (Lipinski definition) is 4. The summed E-state index contributed by atoms with van der Waals surface area (Å²) in [5.41, 5.74) is 2.32. The maximum Gasteiger partial charge on any atom is 0.207 e. The second-order valence-electron chi connectivity index (χ2n) is 5.29. The lowest BCUT2D eigenvalue weighted by atomic mass is 10.1. The fraction of sp³-hybridized carbons (Fsp3) is 0.250. The van der Waals surface area contributed by atoms with Crippen molar-refractivity contribution in [3.63, 3.8) is 0 Å². The first-order valence-electron chi connectivity index (χ1n) is 6.50. The number of aryl methyl sites for hydroxylation is 3. The molecule has 21 heavy (non-hydrogen) atoms. The van der Waals surface area contributed by atoms with Gasteiger partial charge in [0, 0.05) is 0 Å². The molecule has 0 amide bonds. The van der Waals surface area contributed by atoms with Gasteiger partial charge in [-0.05, 0) is 74.2 Å². The fourth-order valence-corrected chi connectivity index (χ4v) is 4.04. The van der Waals surface area contributed by atoms with Crippen LogP contribution in [-0.4, -0.2) is 18.6 Å². The molecule has 0 atom stereocenters. The van der Waals surface area contributed by atoms with Gasteiger partial charge in [-0.3, -0.25) is 0 Å². The van der Waals surface area contributed by atoms with Gasteiger partial charge in [-0.15, -0.1) is 0 Å². The molecule has 0 spiro atoms. The smallest absolute Gasteiger partial charge is 0.207 e. The molecule has 0 fully saturated rings. The van der Waals surface area contributed by atoms with Crippen LogP contribution >= 0.6 is 0 Å². The van der Waals surface area contributed by atoms with Gasteiger partial charge in [-0.2, -0.15) is 0 Å². The van der Waals surface area contributed by atoms with Crippen molar-refractivity contribution in [2.45, 2.75) is 37.5 Å². The summed E-state index contributed by atoms with van der Waals surface area (Å²) >= 11 is 0. The van der Waals surface area contributed by atoms with E-state index in [9.17, 15) is 18.6 Å². The minimum atomic E-state index is -3.75. The van der Waals surface area contributed by atoms with Crippen LogP contribution in [-0.2, 0) is 9.84 Å². The molecule has 0 aromatic heterocycles. The average Bonchev–Trinajstić information content (AvgIpc) is 2.39. The molecular formula is C16H18O4S. The van der Waals surface area contributed by atoms with Crippen molar-refractivity contribution < 1.29 is 18.6 Å². The van der Waals surface area contributed by atoms with E-state index in [0.717, 1.165) is 0 Å². The first-order chi connectivity index (χ1) is 9.64. The van der Waals surface area contributed by atoms with Crippen LogP contribution in [0.4, 0.5) is 0 Å². The number of phenols is 2. The van der Waals surface area contributed by atoms with E-state index in [1.54, 1.807) is 27.7 Å². The zero-order valence-electron chi connectivity index (χ0n) is 12.4. The lowest BCUT2D eigenvalue weighted by Gasteiger charge is -2.13. The van der Waals surface area contributed by atoms with Crippen LogP contribution in [0.2, 0.25) is 0 Å². The normalized spacial score (nSPS) is 11.6. The third-order valence-corrected chi connectivity index (χ3v) is 5.53. The molecule has 0 radical (unpaired) electrons. The summed E-state index contributed by atoms with van der Waals surface area (Å²) in [4.78, 5) is 0.202. The Bertz CT molecular complexity index is 797. The van der Waals surface area contributed by atoms with E-state index in [1.165, 1.54) is 24.3 Å². The van der Waals surface area contributed by atoms with Crippen LogP contribution in [0.5, 0.6) is 11.5 Å². The topological polar surface area (TPSA) is 74.6 Å². The second-order valence-corrected chi connectivity index (χ2v) is 7.21. The molecule has 2 aromatic carbocycles. The van der Waals surface area contributed by atoms with Crippen molar-refractivity contribution in [1.82, 2.24) is 0 Å². The Morgan fingerprint density at radius 3 is 1.86 bits per heavy atom. The molecule has 2 N–H and O–H groups in total. The Morgan fingerprint density at radius 2 is 1.33 bits per heavy atom. The van der Waals surface area contributed by atoms with Gasteiger partial charge in [0.05, 0.1) is 9.79 Å². The molecule has 0 saturated carbocycles. The highest BCUT2D eigenvalue weighted by atomic mass is 32.2. The van der Waals surface area contributed by atoms with Gasteiger partial charge in [-0.1, -0.05) is 0 Å². The molecule has 4 nitrogen and oxygen atoms in total. The third-order valence-electron chi connectivity index (χ3n) is 3.67. The van der Waals surface area contributed by atoms with Crippen molar-refractivity contribution >= 4 is 9.84 Å². The quantitative estimate of drug-likeness (QED) is 0.893. The SMILES string of the molecule is Cc1cc(O)cc(S(=O)(=O)c2cc(C)c(O)c(C)c2)c1C. The summed E-state index contributed by atoms with van der Waals surface area (Å²) in [5, 5.41) is 19.5. The predicted molar refractivity (Wildman–Crippen MR) is 80.6 cm³/mol. The van der Waals surface area contributed by atoms with Crippen molar-refractivity contribution in [3.05, 3.63) is 46.5 Å². The third kappa shape index (κ3) is 2.61. The van der Waals surface area contributed by atoms with E-state index >= 15 is 0 Å². The standard InChI is InChI=1S/C16H18O4S/c1-9-5-13(17)8-15(12(9)4)21(19,20)14-6-10(2)16(18)11(3)7-14/h5-8,17-18H,1-4H3. The van der Waals surface area contributed by atoms with Gasteiger partial charge in [0.25, 0.3) is 0 Å². The Balaban J connectivity index is 2.74. The van der Waals surface area contributed by atoms with E-state index in [1.807, 2.05) is 0 Å². The van der Waals surface area contributed by atoms with Gasteiger partial charge in [0.15, 0.2) is 0 Å². The first-order valence-corrected chi connectivity index (χ1v) is 7.98. The minimum absolute atomic E-state index is 0.0797. The Morgan fingerprint density at radius 1 is 0.810 bits per heavy atom. The summed E-state index contributed by atoms with van der Waals surface area (Å²) in [6, 6.07) is 5.67. The van der Waals surface area contributed by atoms with E-state index in [4.69, 9.17) is 0 Å². The zero-order valence-corrected chi connectivity index (χ0v) is 13.2. The Labute approximate surface area is 124 Å². The predicted octanol–water partition coefficient (Wildman–Crippen LogP) is 3.16. The Hall–Kier alpha value is -2.01. The number of aromatic hydroxyl groups is 2. The fourth-order valence-electron chi connectivity index (χ4n) is 2.29. The Kier molecular flexibility index (Phi) is 3.72. The van der Waals surface area contributed by atoms with E-state index in [2.05, 4.69) is 0 Å². The molecule has 2 rings (SSSR count). The molecule has 0 aliphatic heterocycles. The van der Waals surface area contributed by atoms with Crippen molar-refractivity contribution in [1.29, 1.82) is 0 Å². The number of sulfone groups is 1. The summed E-state index contributed by atoms with van der Waals surface area (Å²) in [6.07, 6.45) is 0. The van der Waals surface area contributed by atoms with E-state index in [-0.39, 0.29) is 21.3 Å². The maximum absolute atomic E-state index is 12.8. The zero-order chi connectivity index (χ0) is 15.9. The van der Waals surface area contributed by atoms with Crippen LogP contribution < -0.4 is 0 Å². The number of phenolic OH excluding ortho intramolecular Hbond substituents is 2. The minimum Gasteiger partial charge on any atom is -0.508 e. The van der Waals surface area contributed by atoms with Crippen molar-refractivity contribution in [2.75, 3.05) is 0 Å². The van der Waals surface area contributed by atoms with Crippen LogP contribution in [0.3, 0.4) is 0 Å². The van der Waals surface area contributed by atoms with Gasteiger partial charge in [-0.25, -0.2) is 8.42 Å². The van der Waals surface area contributed by atoms with Crippen LogP contribution in [0.15, 0.2) is 34.1 Å². The van der Waals surface area contributed by atoms with Crippen LogP contribution in [0.1, 0.15) is 22.3 Å². The van der Waals surface area contributed by atoms with Crippen LogP contribution in [0.25, 0.3) is 0 Å². The molecule has 2 aromatic rings. The van der Waals surface area contributed by atoms with Crippen LogP contribution in [0, 0.1) is 27.7 Å².